The van der Waals surface area contributed by atoms with Crippen molar-refractivity contribution in [1.82, 2.24) is 14.8 Å². The van der Waals surface area contributed by atoms with E-state index < -0.39 is 10.7 Å². The number of nitro groups is 1. The van der Waals surface area contributed by atoms with Gasteiger partial charge in [-0.3, -0.25) is 0 Å². The molecule has 0 unspecified atom stereocenters. The van der Waals surface area contributed by atoms with Crippen LogP contribution in [0, 0.1) is 10.1 Å². The molecule has 1 fully saturated rings. The molecule has 0 radical (unpaired) electrons. The Kier molecular flexibility index (Phi) is 2.99. The molecule has 3 rings (SSSR count). The molecule has 0 spiro atoms. The molecule has 2 aromatic rings. The highest BCUT2D eigenvalue weighted by atomic mass is 16.7. The van der Waals surface area contributed by atoms with Gasteiger partial charge in [-0.15, -0.1) is 0 Å². The number of ether oxygens (including phenoxy) is 2. The minimum absolute atomic E-state index is 0.198. The lowest BCUT2D eigenvalue weighted by atomic mass is 10.3. The topological polar surface area (TPSA) is 105 Å². The molecule has 1 aliphatic heterocycles. The van der Waals surface area contributed by atoms with E-state index in [0.717, 1.165) is 0 Å². The first kappa shape index (κ1) is 12.8. The van der Waals surface area contributed by atoms with E-state index in [1.54, 1.807) is 6.92 Å². The first-order valence-corrected chi connectivity index (χ1v) is 5.98. The lowest BCUT2D eigenvalue weighted by Gasteiger charge is -2.18. The summed E-state index contributed by atoms with van der Waals surface area (Å²) in [5.41, 5.74) is 0. The van der Waals surface area contributed by atoms with Crippen LogP contribution >= 0.6 is 0 Å². The lowest BCUT2D eigenvalue weighted by Crippen LogP contribution is -2.21. The Morgan fingerprint density at radius 2 is 2.25 bits per heavy atom. The van der Waals surface area contributed by atoms with Gasteiger partial charge in [0.25, 0.3) is 0 Å². The summed E-state index contributed by atoms with van der Waals surface area (Å²) in [6.07, 6.45) is 3.02. The quantitative estimate of drug-likeness (QED) is 0.608. The summed E-state index contributed by atoms with van der Waals surface area (Å²) in [4.78, 5) is 14.1. The number of nitrogens with zero attached hydrogens (tertiary/aromatic N) is 4. The molecule has 3 heterocycles. The van der Waals surface area contributed by atoms with Gasteiger partial charge in [-0.2, -0.15) is 4.68 Å². The van der Waals surface area contributed by atoms with Crippen molar-refractivity contribution in [3.05, 3.63) is 40.2 Å². The molecule has 1 aliphatic rings. The highest BCUT2D eigenvalue weighted by molar-refractivity contribution is 5.14. The van der Waals surface area contributed by atoms with Crippen molar-refractivity contribution in [2.45, 2.75) is 19.3 Å². The van der Waals surface area contributed by atoms with Gasteiger partial charge in [0.15, 0.2) is 5.76 Å². The molecule has 9 nitrogen and oxygen atoms in total. The molecule has 0 bridgehead atoms. The van der Waals surface area contributed by atoms with Gasteiger partial charge in [-0.25, -0.2) is 4.98 Å². The number of oxazole rings is 1. The molecule has 1 saturated heterocycles. The van der Waals surface area contributed by atoms with Crippen LogP contribution in [0.25, 0.3) is 0 Å². The first-order valence-electron chi connectivity index (χ1n) is 5.98. The Morgan fingerprint density at radius 1 is 1.50 bits per heavy atom. The van der Waals surface area contributed by atoms with Crippen molar-refractivity contribution < 1.29 is 18.8 Å². The molecule has 0 amide bonds. The number of rotatable bonds is 4. The maximum atomic E-state index is 10.5. The third kappa shape index (κ3) is 2.28. The third-order valence-corrected chi connectivity index (χ3v) is 2.95. The van der Waals surface area contributed by atoms with Crippen LogP contribution in [-0.2, 0) is 21.8 Å². The summed E-state index contributed by atoms with van der Waals surface area (Å²) < 4.78 is 17.8. The van der Waals surface area contributed by atoms with Crippen molar-refractivity contribution in [3.8, 4) is 0 Å². The van der Waals surface area contributed by atoms with Crippen molar-refractivity contribution in [2.24, 2.45) is 0 Å². The Hall–Kier alpha value is -2.26. The van der Waals surface area contributed by atoms with Gasteiger partial charge in [0.2, 0.25) is 11.7 Å². The molecule has 0 atom stereocenters. The zero-order valence-corrected chi connectivity index (χ0v) is 10.7. The summed E-state index contributed by atoms with van der Waals surface area (Å²) in [5, 5.41) is 14.3. The third-order valence-electron chi connectivity index (χ3n) is 2.95. The van der Waals surface area contributed by atoms with Crippen LogP contribution in [-0.4, -0.2) is 32.9 Å². The average molecular weight is 280 g/mol. The van der Waals surface area contributed by atoms with E-state index in [2.05, 4.69) is 10.1 Å². The molecule has 0 saturated carbocycles. The zero-order chi connectivity index (χ0) is 14.2. The van der Waals surface area contributed by atoms with Gasteiger partial charge in [0.05, 0.1) is 36.8 Å². The Balaban J connectivity index is 1.75. The van der Waals surface area contributed by atoms with E-state index in [9.17, 15) is 10.1 Å². The van der Waals surface area contributed by atoms with Crippen molar-refractivity contribution in [2.75, 3.05) is 13.2 Å². The molecule has 2 aromatic heterocycles. The van der Waals surface area contributed by atoms with Crippen molar-refractivity contribution >= 4 is 5.82 Å². The van der Waals surface area contributed by atoms with Gasteiger partial charge >= 0.3 is 5.82 Å². The van der Waals surface area contributed by atoms with E-state index in [1.165, 1.54) is 23.1 Å². The minimum atomic E-state index is -0.915. The molecular formula is C11H12N4O5. The van der Waals surface area contributed by atoms with Gasteiger partial charge in [-0.1, -0.05) is 0 Å². The van der Waals surface area contributed by atoms with Crippen molar-refractivity contribution in [1.29, 1.82) is 0 Å². The summed E-state index contributed by atoms with van der Waals surface area (Å²) in [6, 6.07) is 1.31. The molecule has 0 aromatic carbocycles. The standard InChI is InChI=1S/C11H12N4O5/c1-11(18-4-5-19-11)8-6-12-10(20-8)7-14-3-2-9(13-14)15(16)17/h2-3,6H,4-5,7H2,1H3. The molecule has 9 heteroatoms. The van der Waals surface area contributed by atoms with E-state index in [-0.39, 0.29) is 12.4 Å². The second-order valence-electron chi connectivity index (χ2n) is 4.39. The van der Waals surface area contributed by atoms with E-state index in [1.807, 2.05) is 0 Å². The summed E-state index contributed by atoms with van der Waals surface area (Å²) in [6.45, 7) is 2.95. The highest BCUT2D eigenvalue weighted by Crippen LogP contribution is 2.31. The Labute approximate surface area is 113 Å². The van der Waals surface area contributed by atoms with Gasteiger partial charge < -0.3 is 24.0 Å². The van der Waals surface area contributed by atoms with Gasteiger partial charge in [0.1, 0.15) is 6.54 Å². The smallest absolute Gasteiger partial charge is 0.389 e. The van der Waals surface area contributed by atoms with E-state index in [4.69, 9.17) is 13.9 Å². The molecule has 0 aliphatic carbocycles. The second-order valence-corrected chi connectivity index (χ2v) is 4.39. The molecular weight excluding hydrogens is 268 g/mol. The monoisotopic (exact) mass is 280 g/mol. The Morgan fingerprint density at radius 3 is 2.90 bits per heavy atom. The SMILES string of the molecule is CC1(c2cnc(Cn3ccc([N+](=O)[O-])n3)o2)OCCO1. The number of hydrogen-bond donors (Lipinski definition) is 0. The number of hydrogen-bond acceptors (Lipinski definition) is 7. The van der Waals surface area contributed by atoms with Crippen LogP contribution in [0.15, 0.2) is 22.9 Å². The molecule has 0 N–H and O–H groups in total. The zero-order valence-electron chi connectivity index (χ0n) is 10.7. The predicted octanol–water partition coefficient (Wildman–Crippen LogP) is 1.05. The fourth-order valence-electron chi connectivity index (χ4n) is 1.93. The first-order chi connectivity index (χ1) is 9.57. The largest absolute Gasteiger partial charge is 0.438 e. The van der Waals surface area contributed by atoms with E-state index in [0.29, 0.717) is 24.9 Å². The minimum Gasteiger partial charge on any atom is -0.438 e. The Bertz CT molecular complexity index is 628. The van der Waals surface area contributed by atoms with Gasteiger partial charge in [-0.05, 0) is 11.8 Å². The van der Waals surface area contributed by atoms with Crippen LogP contribution in [0.2, 0.25) is 0 Å². The predicted molar refractivity (Wildman–Crippen MR) is 63.7 cm³/mol. The second kappa shape index (κ2) is 4.69. The summed E-state index contributed by atoms with van der Waals surface area (Å²) in [5.74, 6) is -0.294. The van der Waals surface area contributed by atoms with Crippen molar-refractivity contribution in [3.63, 3.8) is 0 Å². The maximum absolute atomic E-state index is 10.5. The van der Waals surface area contributed by atoms with Crippen LogP contribution < -0.4 is 0 Å². The normalized spacial score (nSPS) is 17.4. The fourth-order valence-corrected chi connectivity index (χ4v) is 1.93. The molecule has 106 valence electrons. The highest BCUT2D eigenvalue weighted by Gasteiger charge is 2.37. The molecule has 20 heavy (non-hydrogen) atoms. The van der Waals surface area contributed by atoms with Crippen LogP contribution in [0.5, 0.6) is 0 Å². The van der Waals surface area contributed by atoms with Crippen LogP contribution in [0.1, 0.15) is 18.6 Å². The lowest BCUT2D eigenvalue weighted by molar-refractivity contribution is -0.389. The summed E-state index contributed by atoms with van der Waals surface area (Å²) >= 11 is 0. The average Bonchev–Trinajstić information content (AvgIpc) is 3.10. The van der Waals surface area contributed by atoms with Crippen LogP contribution in [0.3, 0.4) is 0 Å². The van der Waals surface area contributed by atoms with Crippen LogP contribution in [0.4, 0.5) is 5.82 Å². The number of aromatic nitrogens is 3. The summed E-state index contributed by atoms with van der Waals surface area (Å²) in [7, 11) is 0. The maximum Gasteiger partial charge on any atom is 0.389 e. The van der Waals surface area contributed by atoms with Gasteiger partial charge in [0, 0.05) is 0 Å². The fraction of sp³-hybridized carbons (Fsp3) is 0.455. The van der Waals surface area contributed by atoms with E-state index >= 15 is 0 Å².